The number of rotatable bonds is 3. The maximum Gasteiger partial charge on any atom is 0.156 e. The SMILES string of the molecule is CO[C@]1(C)CN(c2nccc3nccnc23)CC[C@]1(C)OC. The van der Waals surface area contributed by atoms with Crippen LogP contribution in [0.2, 0.25) is 0 Å². The Morgan fingerprint density at radius 1 is 1.00 bits per heavy atom. The molecule has 0 unspecified atom stereocenters. The van der Waals surface area contributed by atoms with Crippen LogP contribution in [0.15, 0.2) is 24.7 Å². The van der Waals surface area contributed by atoms with Gasteiger partial charge >= 0.3 is 0 Å². The van der Waals surface area contributed by atoms with Crippen LogP contribution in [-0.4, -0.2) is 53.5 Å². The predicted molar refractivity (Wildman–Crippen MR) is 85.0 cm³/mol. The highest BCUT2D eigenvalue weighted by Crippen LogP contribution is 2.38. The van der Waals surface area contributed by atoms with Gasteiger partial charge in [-0.05, 0) is 26.3 Å². The third-order valence-electron chi connectivity index (χ3n) is 5.04. The number of fused-ring (bicyclic) bond motifs is 1. The lowest BCUT2D eigenvalue weighted by atomic mass is 9.79. The molecule has 0 aliphatic carbocycles. The van der Waals surface area contributed by atoms with Gasteiger partial charge in [0.15, 0.2) is 5.82 Å². The number of pyridine rings is 1. The van der Waals surface area contributed by atoms with E-state index in [1.807, 2.05) is 6.07 Å². The number of methoxy groups -OCH3 is 2. The second-order valence-corrected chi connectivity index (χ2v) is 6.10. The minimum Gasteiger partial charge on any atom is -0.375 e. The summed E-state index contributed by atoms with van der Waals surface area (Å²) in [6.45, 7) is 5.71. The van der Waals surface area contributed by atoms with Gasteiger partial charge in [0, 0.05) is 39.4 Å². The molecule has 1 fully saturated rings. The smallest absolute Gasteiger partial charge is 0.156 e. The molecule has 0 aromatic carbocycles. The number of piperidine rings is 1. The molecule has 1 aliphatic heterocycles. The molecule has 2 aromatic rings. The molecule has 6 heteroatoms. The second-order valence-electron chi connectivity index (χ2n) is 6.10. The molecule has 3 heterocycles. The highest BCUT2D eigenvalue weighted by Gasteiger charge is 2.50. The summed E-state index contributed by atoms with van der Waals surface area (Å²) in [5.41, 5.74) is 0.928. The molecule has 0 amide bonds. The average molecular weight is 302 g/mol. The van der Waals surface area contributed by atoms with Crippen molar-refractivity contribution in [3.8, 4) is 0 Å². The fraction of sp³-hybridized carbons (Fsp3) is 0.562. The van der Waals surface area contributed by atoms with Crippen molar-refractivity contribution in [3.05, 3.63) is 24.7 Å². The molecule has 3 rings (SSSR count). The zero-order valence-corrected chi connectivity index (χ0v) is 13.5. The van der Waals surface area contributed by atoms with Gasteiger partial charge < -0.3 is 14.4 Å². The molecule has 0 saturated carbocycles. The molecule has 0 bridgehead atoms. The minimum absolute atomic E-state index is 0.325. The Morgan fingerprint density at radius 3 is 2.45 bits per heavy atom. The van der Waals surface area contributed by atoms with Gasteiger partial charge in [-0.2, -0.15) is 0 Å². The first-order valence-corrected chi connectivity index (χ1v) is 7.44. The van der Waals surface area contributed by atoms with E-state index in [4.69, 9.17) is 9.47 Å². The highest BCUT2D eigenvalue weighted by atomic mass is 16.5. The molecule has 22 heavy (non-hydrogen) atoms. The van der Waals surface area contributed by atoms with Crippen molar-refractivity contribution in [2.75, 3.05) is 32.2 Å². The van der Waals surface area contributed by atoms with Crippen molar-refractivity contribution in [1.82, 2.24) is 15.0 Å². The van der Waals surface area contributed by atoms with E-state index in [1.165, 1.54) is 0 Å². The van der Waals surface area contributed by atoms with E-state index in [0.29, 0.717) is 6.54 Å². The van der Waals surface area contributed by atoms with Gasteiger partial charge in [-0.25, -0.2) is 9.97 Å². The van der Waals surface area contributed by atoms with Gasteiger partial charge in [-0.15, -0.1) is 0 Å². The zero-order chi connectivity index (χ0) is 15.8. The van der Waals surface area contributed by atoms with E-state index in [0.717, 1.165) is 29.8 Å². The summed E-state index contributed by atoms with van der Waals surface area (Å²) in [4.78, 5) is 15.5. The van der Waals surface area contributed by atoms with Crippen LogP contribution in [0.5, 0.6) is 0 Å². The lowest BCUT2D eigenvalue weighted by molar-refractivity contribution is -0.174. The molecule has 1 aliphatic rings. The number of hydrogen-bond acceptors (Lipinski definition) is 6. The number of anilines is 1. The van der Waals surface area contributed by atoms with Crippen LogP contribution in [0, 0.1) is 0 Å². The summed E-state index contributed by atoms with van der Waals surface area (Å²) in [5.74, 6) is 0.854. The summed E-state index contributed by atoms with van der Waals surface area (Å²) in [5, 5.41) is 0. The molecule has 0 radical (unpaired) electrons. The van der Waals surface area contributed by atoms with E-state index in [9.17, 15) is 0 Å². The van der Waals surface area contributed by atoms with Gasteiger partial charge in [-0.3, -0.25) is 4.98 Å². The standard InChI is InChI=1S/C16H22N4O2/c1-15(21-3)6-10-20(11-16(15,2)22-4)14-13-12(5-7-19-14)17-8-9-18-13/h5,7-9H,6,10-11H2,1-4H3/t15-,16+/m0/s1. The first kappa shape index (κ1) is 15.1. The van der Waals surface area contributed by atoms with Crippen LogP contribution in [0.4, 0.5) is 5.82 Å². The van der Waals surface area contributed by atoms with E-state index >= 15 is 0 Å². The van der Waals surface area contributed by atoms with Gasteiger partial charge in [0.05, 0.1) is 17.7 Å². The molecule has 0 N–H and O–H groups in total. The summed E-state index contributed by atoms with van der Waals surface area (Å²) in [6.07, 6.45) is 6.03. The average Bonchev–Trinajstić information content (AvgIpc) is 2.57. The van der Waals surface area contributed by atoms with Crippen LogP contribution >= 0.6 is 0 Å². The monoisotopic (exact) mass is 302 g/mol. The normalized spacial score (nSPS) is 29.0. The molecule has 1 saturated heterocycles. The third kappa shape index (κ3) is 2.23. The van der Waals surface area contributed by atoms with Crippen molar-refractivity contribution in [3.63, 3.8) is 0 Å². The Hall–Kier alpha value is -1.79. The lowest BCUT2D eigenvalue weighted by Crippen LogP contribution is -2.64. The molecule has 2 atom stereocenters. The van der Waals surface area contributed by atoms with E-state index in [-0.39, 0.29) is 5.60 Å². The lowest BCUT2D eigenvalue weighted by Gasteiger charge is -2.51. The molecule has 0 spiro atoms. The maximum absolute atomic E-state index is 5.82. The second kappa shape index (κ2) is 5.44. The number of ether oxygens (including phenoxy) is 2. The first-order valence-electron chi connectivity index (χ1n) is 7.44. The maximum atomic E-state index is 5.82. The van der Waals surface area contributed by atoms with Gasteiger partial charge in [0.2, 0.25) is 0 Å². The Labute approximate surface area is 130 Å². The van der Waals surface area contributed by atoms with Crippen LogP contribution < -0.4 is 4.90 Å². The quantitative estimate of drug-likeness (QED) is 0.865. The Morgan fingerprint density at radius 2 is 1.73 bits per heavy atom. The van der Waals surface area contributed by atoms with Gasteiger partial charge in [0.1, 0.15) is 11.1 Å². The Kier molecular flexibility index (Phi) is 3.74. The topological polar surface area (TPSA) is 60.4 Å². The summed E-state index contributed by atoms with van der Waals surface area (Å²) in [7, 11) is 3.48. The van der Waals surface area contributed by atoms with Gasteiger partial charge in [0.25, 0.3) is 0 Å². The van der Waals surface area contributed by atoms with Crippen molar-refractivity contribution < 1.29 is 9.47 Å². The fourth-order valence-electron chi connectivity index (χ4n) is 3.12. The number of aromatic nitrogens is 3. The largest absolute Gasteiger partial charge is 0.375 e. The van der Waals surface area contributed by atoms with E-state index in [2.05, 4.69) is 33.7 Å². The molecular formula is C16H22N4O2. The first-order chi connectivity index (χ1) is 10.5. The summed E-state index contributed by atoms with van der Waals surface area (Å²) < 4.78 is 11.6. The fourth-order valence-corrected chi connectivity index (χ4v) is 3.12. The minimum atomic E-state index is -0.425. The number of nitrogens with zero attached hydrogens (tertiary/aromatic N) is 4. The van der Waals surface area contributed by atoms with Crippen molar-refractivity contribution in [2.24, 2.45) is 0 Å². The molecule has 6 nitrogen and oxygen atoms in total. The molecular weight excluding hydrogens is 280 g/mol. The summed E-state index contributed by atoms with van der Waals surface area (Å²) >= 11 is 0. The van der Waals surface area contributed by atoms with Crippen molar-refractivity contribution in [1.29, 1.82) is 0 Å². The zero-order valence-electron chi connectivity index (χ0n) is 13.5. The van der Waals surface area contributed by atoms with E-state index in [1.54, 1.807) is 32.8 Å². The van der Waals surface area contributed by atoms with Crippen LogP contribution in [0.25, 0.3) is 11.0 Å². The van der Waals surface area contributed by atoms with E-state index < -0.39 is 5.60 Å². The summed E-state index contributed by atoms with van der Waals surface area (Å²) in [6, 6.07) is 1.88. The van der Waals surface area contributed by atoms with Gasteiger partial charge in [-0.1, -0.05) is 0 Å². The highest BCUT2D eigenvalue weighted by molar-refractivity contribution is 5.85. The predicted octanol–water partition coefficient (Wildman–Crippen LogP) is 2.05. The van der Waals surface area contributed by atoms with Crippen LogP contribution in [-0.2, 0) is 9.47 Å². The number of hydrogen-bond donors (Lipinski definition) is 0. The molecule has 118 valence electrons. The van der Waals surface area contributed by atoms with Crippen molar-refractivity contribution in [2.45, 2.75) is 31.5 Å². The Bertz CT molecular complexity index is 675. The third-order valence-corrected chi connectivity index (χ3v) is 5.04. The molecule has 2 aromatic heterocycles. The van der Waals surface area contributed by atoms with Crippen molar-refractivity contribution >= 4 is 16.9 Å². The Balaban J connectivity index is 2.00. The van der Waals surface area contributed by atoms with Crippen LogP contribution in [0.1, 0.15) is 20.3 Å². The van der Waals surface area contributed by atoms with Crippen LogP contribution in [0.3, 0.4) is 0 Å².